The van der Waals surface area contributed by atoms with E-state index in [1.54, 1.807) is 0 Å². The molecular weight excluding hydrogens is 228 g/mol. The highest BCUT2D eigenvalue weighted by Crippen LogP contribution is 2.30. The van der Waals surface area contributed by atoms with Crippen LogP contribution < -0.4 is 0 Å². The SMILES string of the molecule is O=C(O)Cc1cc(C(F)(F)F)ccc1CF. The molecule has 0 unspecified atom stereocenters. The molecule has 2 nitrogen and oxygen atoms in total. The van der Waals surface area contributed by atoms with E-state index >= 15 is 0 Å². The number of rotatable bonds is 3. The molecular formula is C10H8F4O2. The first kappa shape index (κ1) is 12.5. The second-order valence-corrected chi connectivity index (χ2v) is 3.19. The molecule has 0 saturated carbocycles. The monoisotopic (exact) mass is 236 g/mol. The van der Waals surface area contributed by atoms with Crippen LogP contribution in [0.15, 0.2) is 18.2 Å². The number of benzene rings is 1. The fourth-order valence-corrected chi connectivity index (χ4v) is 1.26. The van der Waals surface area contributed by atoms with Crippen LogP contribution in [0.1, 0.15) is 16.7 Å². The molecule has 0 aliphatic rings. The third-order valence-corrected chi connectivity index (χ3v) is 2.02. The van der Waals surface area contributed by atoms with E-state index in [2.05, 4.69) is 0 Å². The minimum atomic E-state index is -4.55. The Kier molecular flexibility index (Phi) is 3.51. The van der Waals surface area contributed by atoms with Gasteiger partial charge >= 0.3 is 12.1 Å². The molecule has 0 heterocycles. The van der Waals surface area contributed by atoms with Crippen molar-refractivity contribution in [2.45, 2.75) is 19.3 Å². The molecule has 0 amide bonds. The van der Waals surface area contributed by atoms with Crippen molar-refractivity contribution in [3.63, 3.8) is 0 Å². The first-order valence-corrected chi connectivity index (χ1v) is 4.31. The van der Waals surface area contributed by atoms with E-state index in [4.69, 9.17) is 5.11 Å². The first-order chi connectivity index (χ1) is 7.34. The molecule has 6 heteroatoms. The molecule has 0 spiro atoms. The number of carboxylic acids is 1. The van der Waals surface area contributed by atoms with E-state index in [0.717, 1.165) is 12.1 Å². The maximum Gasteiger partial charge on any atom is 0.416 e. The van der Waals surface area contributed by atoms with Crippen molar-refractivity contribution in [2.24, 2.45) is 0 Å². The molecule has 0 fully saturated rings. The smallest absolute Gasteiger partial charge is 0.416 e. The highest BCUT2D eigenvalue weighted by molar-refractivity contribution is 5.70. The zero-order valence-electron chi connectivity index (χ0n) is 8.01. The van der Waals surface area contributed by atoms with Crippen molar-refractivity contribution < 1.29 is 27.5 Å². The molecule has 0 saturated heterocycles. The summed E-state index contributed by atoms with van der Waals surface area (Å²) in [7, 11) is 0. The number of alkyl halides is 4. The van der Waals surface area contributed by atoms with Crippen molar-refractivity contribution >= 4 is 5.97 Å². The number of halogens is 4. The maximum absolute atomic E-state index is 12.4. The number of carboxylic acid groups (broad SMARTS) is 1. The van der Waals surface area contributed by atoms with Gasteiger partial charge in [-0.15, -0.1) is 0 Å². The Morgan fingerprint density at radius 3 is 2.31 bits per heavy atom. The summed E-state index contributed by atoms with van der Waals surface area (Å²) in [5.41, 5.74) is -1.15. The highest BCUT2D eigenvalue weighted by atomic mass is 19.4. The molecule has 0 aliphatic carbocycles. The van der Waals surface area contributed by atoms with Crippen LogP contribution in [0.25, 0.3) is 0 Å². The average molecular weight is 236 g/mol. The quantitative estimate of drug-likeness (QED) is 0.819. The summed E-state index contributed by atoms with van der Waals surface area (Å²) in [4.78, 5) is 10.4. The lowest BCUT2D eigenvalue weighted by Crippen LogP contribution is -2.09. The molecule has 1 rings (SSSR count). The van der Waals surface area contributed by atoms with Crippen LogP contribution in [-0.4, -0.2) is 11.1 Å². The minimum Gasteiger partial charge on any atom is -0.481 e. The normalized spacial score (nSPS) is 11.5. The Morgan fingerprint density at radius 1 is 1.25 bits per heavy atom. The van der Waals surface area contributed by atoms with E-state index in [1.165, 1.54) is 0 Å². The standard InChI is InChI=1S/C10H8F4O2/c11-5-6-1-2-8(10(12,13)14)3-7(6)4-9(15)16/h1-3H,4-5H2,(H,15,16). The largest absolute Gasteiger partial charge is 0.481 e. The molecule has 0 aliphatic heterocycles. The van der Waals surface area contributed by atoms with Crippen LogP contribution in [0.3, 0.4) is 0 Å². The molecule has 88 valence electrons. The molecule has 0 aromatic heterocycles. The third kappa shape index (κ3) is 2.95. The van der Waals surface area contributed by atoms with E-state index < -0.39 is 30.8 Å². The fourth-order valence-electron chi connectivity index (χ4n) is 1.26. The van der Waals surface area contributed by atoms with Gasteiger partial charge in [0.2, 0.25) is 0 Å². The zero-order chi connectivity index (χ0) is 12.3. The number of aliphatic carboxylic acids is 1. The second-order valence-electron chi connectivity index (χ2n) is 3.19. The van der Waals surface area contributed by atoms with Gasteiger partial charge in [-0.3, -0.25) is 4.79 Å². The molecule has 16 heavy (non-hydrogen) atoms. The fraction of sp³-hybridized carbons (Fsp3) is 0.300. The topological polar surface area (TPSA) is 37.3 Å². The summed E-state index contributed by atoms with van der Waals surface area (Å²) in [5, 5.41) is 8.48. The van der Waals surface area contributed by atoms with Gasteiger partial charge in [-0.05, 0) is 23.3 Å². The lowest BCUT2D eigenvalue weighted by Gasteiger charge is -2.10. The highest BCUT2D eigenvalue weighted by Gasteiger charge is 2.31. The van der Waals surface area contributed by atoms with Crippen LogP contribution in [0.2, 0.25) is 0 Å². The lowest BCUT2D eigenvalue weighted by molar-refractivity contribution is -0.138. The summed E-state index contributed by atoms with van der Waals surface area (Å²) in [6.07, 6.45) is -5.18. The van der Waals surface area contributed by atoms with Gasteiger partial charge in [-0.1, -0.05) is 6.07 Å². The minimum absolute atomic E-state index is 0.0320. The van der Waals surface area contributed by atoms with Crippen LogP contribution in [0.4, 0.5) is 17.6 Å². The van der Waals surface area contributed by atoms with E-state index in [9.17, 15) is 22.4 Å². The number of hydrogen-bond donors (Lipinski definition) is 1. The van der Waals surface area contributed by atoms with Gasteiger partial charge in [-0.2, -0.15) is 13.2 Å². The summed E-state index contributed by atoms with van der Waals surface area (Å²) in [6, 6.07) is 2.37. The Balaban J connectivity index is 3.16. The summed E-state index contributed by atoms with van der Waals surface area (Å²) in [5.74, 6) is -1.30. The van der Waals surface area contributed by atoms with Crippen LogP contribution in [0, 0.1) is 0 Å². The van der Waals surface area contributed by atoms with Crippen LogP contribution in [-0.2, 0) is 24.1 Å². The van der Waals surface area contributed by atoms with E-state index in [-0.39, 0.29) is 11.1 Å². The van der Waals surface area contributed by atoms with Crippen molar-refractivity contribution in [3.8, 4) is 0 Å². The van der Waals surface area contributed by atoms with Crippen molar-refractivity contribution in [2.75, 3.05) is 0 Å². The Labute approximate surface area is 88.5 Å². The number of hydrogen-bond acceptors (Lipinski definition) is 1. The predicted molar refractivity (Wildman–Crippen MR) is 47.6 cm³/mol. The maximum atomic E-state index is 12.4. The Morgan fingerprint density at radius 2 is 1.88 bits per heavy atom. The van der Waals surface area contributed by atoms with Crippen LogP contribution in [0.5, 0.6) is 0 Å². The van der Waals surface area contributed by atoms with E-state index in [0.29, 0.717) is 6.07 Å². The van der Waals surface area contributed by atoms with Crippen molar-refractivity contribution in [1.29, 1.82) is 0 Å². The Hall–Kier alpha value is -1.59. The summed E-state index contributed by atoms with van der Waals surface area (Å²) >= 11 is 0. The van der Waals surface area contributed by atoms with E-state index in [1.807, 2.05) is 0 Å². The summed E-state index contributed by atoms with van der Waals surface area (Å²) in [6.45, 7) is -0.985. The molecule has 0 atom stereocenters. The number of carbonyl (C=O) groups is 1. The first-order valence-electron chi connectivity index (χ1n) is 4.31. The second kappa shape index (κ2) is 4.51. The molecule has 1 aromatic rings. The van der Waals surface area contributed by atoms with Crippen molar-refractivity contribution in [3.05, 3.63) is 34.9 Å². The van der Waals surface area contributed by atoms with Crippen molar-refractivity contribution in [1.82, 2.24) is 0 Å². The van der Waals surface area contributed by atoms with Gasteiger partial charge in [0.1, 0.15) is 6.67 Å². The van der Waals surface area contributed by atoms with Gasteiger partial charge < -0.3 is 5.11 Å². The molecule has 1 N–H and O–H groups in total. The molecule has 0 radical (unpaired) electrons. The average Bonchev–Trinajstić information content (AvgIpc) is 2.15. The van der Waals surface area contributed by atoms with Gasteiger partial charge in [0.25, 0.3) is 0 Å². The summed E-state index contributed by atoms with van der Waals surface area (Å²) < 4.78 is 49.3. The van der Waals surface area contributed by atoms with Gasteiger partial charge in [0.05, 0.1) is 12.0 Å². The van der Waals surface area contributed by atoms with Gasteiger partial charge in [0.15, 0.2) is 0 Å². The third-order valence-electron chi connectivity index (χ3n) is 2.02. The Bertz CT molecular complexity index is 398. The van der Waals surface area contributed by atoms with Crippen LogP contribution >= 0.6 is 0 Å². The molecule has 1 aromatic carbocycles. The van der Waals surface area contributed by atoms with Gasteiger partial charge in [0, 0.05) is 0 Å². The molecule has 0 bridgehead atoms. The van der Waals surface area contributed by atoms with Gasteiger partial charge in [-0.25, -0.2) is 4.39 Å². The lowest BCUT2D eigenvalue weighted by atomic mass is 10.0. The zero-order valence-corrected chi connectivity index (χ0v) is 8.01. The predicted octanol–water partition coefficient (Wildman–Crippen LogP) is 2.80.